The molecule has 0 amide bonds. The molecule has 0 atom stereocenters. The topological polar surface area (TPSA) is 62.7 Å². The molecule has 0 radical (unpaired) electrons. The lowest BCUT2D eigenvalue weighted by atomic mass is 10.0. The Morgan fingerprint density at radius 2 is 1.30 bits per heavy atom. The Bertz CT molecular complexity index is 940. The summed E-state index contributed by atoms with van der Waals surface area (Å²) in [5.41, 5.74) is 4.16. The molecule has 0 aliphatic rings. The molecule has 3 rings (SSSR count). The lowest BCUT2D eigenvalue weighted by molar-refractivity contribution is 0.394. The van der Waals surface area contributed by atoms with Gasteiger partial charge in [0.15, 0.2) is 0 Å². The highest BCUT2D eigenvalue weighted by atomic mass is 16.5. The minimum absolute atomic E-state index is 0.676. The van der Waals surface area contributed by atoms with Crippen LogP contribution >= 0.6 is 0 Å². The molecular formula is C21H22N2O4. The summed E-state index contributed by atoms with van der Waals surface area (Å²) in [5.74, 6) is 2.82. The number of rotatable bonds is 6. The summed E-state index contributed by atoms with van der Waals surface area (Å²) in [6.07, 6.45) is 3.46. The summed E-state index contributed by atoms with van der Waals surface area (Å²) in [7, 11) is 6.49. The van der Waals surface area contributed by atoms with E-state index in [1.165, 1.54) is 0 Å². The summed E-state index contributed by atoms with van der Waals surface area (Å²) < 4.78 is 21.5. The van der Waals surface area contributed by atoms with E-state index < -0.39 is 0 Å². The highest BCUT2D eigenvalue weighted by Crippen LogP contribution is 2.37. The average Bonchev–Trinajstić information content (AvgIpc) is 2.72. The first-order valence-corrected chi connectivity index (χ1v) is 8.38. The summed E-state index contributed by atoms with van der Waals surface area (Å²) in [5, 5.41) is 0. The maximum absolute atomic E-state index is 5.52. The zero-order valence-electron chi connectivity index (χ0n) is 16.1. The van der Waals surface area contributed by atoms with E-state index in [0.717, 1.165) is 33.9 Å². The fourth-order valence-electron chi connectivity index (χ4n) is 2.94. The largest absolute Gasteiger partial charge is 0.497 e. The lowest BCUT2D eigenvalue weighted by Gasteiger charge is -2.14. The predicted molar refractivity (Wildman–Crippen MR) is 104 cm³/mol. The van der Waals surface area contributed by atoms with Crippen molar-refractivity contribution in [3.63, 3.8) is 0 Å². The molecule has 1 heterocycles. The van der Waals surface area contributed by atoms with Gasteiger partial charge < -0.3 is 18.9 Å². The number of hydrogen-bond donors (Lipinski definition) is 0. The first kappa shape index (κ1) is 18.5. The van der Waals surface area contributed by atoms with Crippen LogP contribution in [0.4, 0.5) is 0 Å². The highest BCUT2D eigenvalue weighted by molar-refractivity contribution is 5.74. The third kappa shape index (κ3) is 3.65. The van der Waals surface area contributed by atoms with Gasteiger partial charge in [0, 0.05) is 23.3 Å². The van der Waals surface area contributed by atoms with Crippen LogP contribution in [0.25, 0.3) is 22.5 Å². The maximum Gasteiger partial charge on any atom is 0.132 e. The van der Waals surface area contributed by atoms with Crippen LogP contribution < -0.4 is 18.9 Å². The van der Waals surface area contributed by atoms with Gasteiger partial charge in [-0.25, -0.2) is 0 Å². The van der Waals surface area contributed by atoms with Crippen molar-refractivity contribution in [3.05, 3.63) is 48.3 Å². The van der Waals surface area contributed by atoms with Crippen LogP contribution in [0.1, 0.15) is 5.56 Å². The minimum Gasteiger partial charge on any atom is -0.497 e. The van der Waals surface area contributed by atoms with Crippen LogP contribution in [0, 0.1) is 6.92 Å². The zero-order valence-corrected chi connectivity index (χ0v) is 16.1. The van der Waals surface area contributed by atoms with Crippen molar-refractivity contribution in [2.45, 2.75) is 6.92 Å². The highest BCUT2D eigenvalue weighted by Gasteiger charge is 2.15. The van der Waals surface area contributed by atoms with Gasteiger partial charge in [-0.05, 0) is 30.7 Å². The van der Waals surface area contributed by atoms with Crippen molar-refractivity contribution in [1.29, 1.82) is 0 Å². The second-order valence-electron chi connectivity index (χ2n) is 5.87. The molecular weight excluding hydrogens is 344 g/mol. The van der Waals surface area contributed by atoms with Gasteiger partial charge in [0.05, 0.1) is 52.2 Å². The third-order valence-electron chi connectivity index (χ3n) is 4.32. The van der Waals surface area contributed by atoms with Crippen LogP contribution in [0.3, 0.4) is 0 Å². The Kier molecular flexibility index (Phi) is 5.45. The normalized spacial score (nSPS) is 10.4. The van der Waals surface area contributed by atoms with Gasteiger partial charge in [0.1, 0.15) is 23.0 Å². The van der Waals surface area contributed by atoms with Gasteiger partial charge >= 0.3 is 0 Å². The Balaban J connectivity index is 2.02. The average molecular weight is 366 g/mol. The summed E-state index contributed by atoms with van der Waals surface area (Å²) >= 11 is 0. The van der Waals surface area contributed by atoms with E-state index in [9.17, 15) is 0 Å². The van der Waals surface area contributed by atoms with E-state index in [-0.39, 0.29) is 0 Å². The quantitative estimate of drug-likeness (QED) is 0.653. The lowest BCUT2D eigenvalue weighted by Crippen LogP contribution is -1.97. The molecule has 0 aliphatic heterocycles. The van der Waals surface area contributed by atoms with Gasteiger partial charge in [-0.1, -0.05) is 0 Å². The van der Waals surface area contributed by atoms with Crippen LogP contribution in [0.15, 0.2) is 42.7 Å². The molecule has 3 aromatic rings. The molecule has 6 heteroatoms. The number of ether oxygens (including phenoxy) is 4. The molecule has 0 spiro atoms. The summed E-state index contributed by atoms with van der Waals surface area (Å²) in [6, 6.07) is 9.37. The maximum atomic E-state index is 5.52. The molecule has 140 valence electrons. The van der Waals surface area contributed by atoms with Crippen molar-refractivity contribution in [2.24, 2.45) is 0 Å². The molecule has 0 aliphatic carbocycles. The fraction of sp³-hybridized carbons (Fsp3) is 0.238. The number of methoxy groups -OCH3 is 4. The second kappa shape index (κ2) is 7.95. The predicted octanol–water partition coefficient (Wildman–Crippen LogP) is 4.15. The minimum atomic E-state index is 0.676. The van der Waals surface area contributed by atoms with Crippen LogP contribution in [-0.4, -0.2) is 38.4 Å². The Labute approximate surface area is 158 Å². The van der Waals surface area contributed by atoms with E-state index in [0.29, 0.717) is 17.2 Å². The van der Waals surface area contributed by atoms with Crippen molar-refractivity contribution >= 4 is 0 Å². The number of nitrogens with zero attached hydrogens (tertiary/aromatic N) is 2. The third-order valence-corrected chi connectivity index (χ3v) is 4.32. The van der Waals surface area contributed by atoms with Crippen molar-refractivity contribution < 1.29 is 18.9 Å². The zero-order chi connectivity index (χ0) is 19.4. The number of aromatic nitrogens is 2. The van der Waals surface area contributed by atoms with E-state index in [1.54, 1.807) is 40.8 Å². The van der Waals surface area contributed by atoms with E-state index in [4.69, 9.17) is 18.9 Å². The molecule has 0 unspecified atom stereocenters. The molecule has 0 N–H and O–H groups in total. The van der Waals surface area contributed by atoms with E-state index in [2.05, 4.69) is 9.97 Å². The Morgan fingerprint density at radius 3 is 1.89 bits per heavy atom. The van der Waals surface area contributed by atoms with E-state index >= 15 is 0 Å². The molecule has 0 bridgehead atoms. The molecule has 0 saturated carbocycles. The molecule has 0 fully saturated rings. The number of hydrogen-bond acceptors (Lipinski definition) is 6. The summed E-state index contributed by atoms with van der Waals surface area (Å²) in [6.45, 7) is 1.99. The molecule has 1 aromatic heterocycles. The van der Waals surface area contributed by atoms with Crippen LogP contribution in [-0.2, 0) is 0 Å². The molecule has 27 heavy (non-hydrogen) atoms. The van der Waals surface area contributed by atoms with Crippen molar-refractivity contribution in [3.8, 4) is 45.5 Å². The van der Waals surface area contributed by atoms with Gasteiger partial charge in [-0.2, -0.15) is 0 Å². The van der Waals surface area contributed by atoms with Gasteiger partial charge in [0.2, 0.25) is 0 Å². The second-order valence-corrected chi connectivity index (χ2v) is 5.87. The number of benzene rings is 2. The van der Waals surface area contributed by atoms with E-state index in [1.807, 2.05) is 37.3 Å². The first-order chi connectivity index (χ1) is 13.1. The standard InChI is InChI=1S/C21H22N2O4/c1-13-8-15(25-3)10-20(27-5)21(13)18-12-22-17(11-23-18)16-7-6-14(24-2)9-19(16)26-4/h6-12H,1-5H3. The Morgan fingerprint density at radius 1 is 0.667 bits per heavy atom. The van der Waals surface area contributed by atoms with Crippen LogP contribution in [0.5, 0.6) is 23.0 Å². The van der Waals surface area contributed by atoms with Gasteiger partial charge in [0.25, 0.3) is 0 Å². The van der Waals surface area contributed by atoms with Gasteiger partial charge in [-0.15, -0.1) is 0 Å². The van der Waals surface area contributed by atoms with Crippen molar-refractivity contribution in [1.82, 2.24) is 9.97 Å². The smallest absolute Gasteiger partial charge is 0.132 e. The fourth-order valence-corrected chi connectivity index (χ4v) is 2.94. The molecule has 0 saturated heterocycles. The summed E-state index contributed by atoms with van der Waals surface area (Å²) in [4.78, 5) is 9.18. The van der Waals surface area contributed by atoms with Gasteiger partial charge in [-0.3, -0.25) is 9.97 Å². The monoisotopic (exact) mass is 366 g/mol. The molecule has 2 aromatic carbocycles. The molecule has 6 nitrogen and oxygen atoms in total. The Hall–Kier alpha value is -3.28. The number of aryl methyl sites for hydroxylation is 1. The van der Waals surface area contributed by atoms with Crippen molar-refractivity contribution in [2.75, 3.05) is 28.4 Å². The first-order valence-electron chi connectivity index (χ1n) is 8.38. The SMILES string of the molecule is COc1ccc(-c2cnc(-c3c(C)cc(OC)cc3OC)cn2)c(OC)c1. The van der Waals surface area contributed by atoms with Crippen LogP contribution in [0.2, 0.25) is 0 Å².